The van der Waals surface area contributed by atoms with Crippen molar-refractivity contribution in [3.8, 4) is 0 Å². The molecule has 0 saturated heterocycles. The minimum atomic E-state index is -0.721. The number of carboxylic acid groups (broad SMARTS) is 1. The molecule has 4 heteroatoms. The molecule has 0 bridgehead atoms. The van der Waals surface area contributed by atoms with Gasteiger partial charge in [-0.3, -0.25) is 9.59 Å². The molecular formula is C20H21NO3. The number of nitrogens with zero attached hydrogens (tertiary/aromatic N) is 1. The Morgan fingerprint density at radius 1 is 0.917 bits per heavy atom. The van der Waals surface area contributed by atoms with E-state index in [-0.39, 0.29) is 17.7 Å². The van der Waals surface area contributed by atoms with Crippen molar-refractivity contribution in [2.75, 3.05) is 0 Å². The van der Waals surface area contributed by atoms with Crippen LogP contribution < -0.4 is 0 Å². The van der Waals surface area contributed by atoms with Crippen LogP contribution in [0.4, 0.5) is 0 Å². The normalized spacial score (nSPS) is 23.2. The Balaban J connectivity index is 1.50. The minimum Gasteiger partial charge on any atom is -0.481 e. The Hall–Kier alpha value is -2.36. The first-order valence-electron chi connectivity index (χ1n) is 8.64. The van der Waals surface area contributed by atoms with Gasteiger partial charge in [0.25, 0.3) is 0 Å². The molecule has 2 aromatic carbocycles. The molecule has 0 atom stereocenters. The van der Waals surface area contributed by atoms with Gasteiger partial charge >= 0.3 is 5.97 Å². The lowest BCUT2D eigenvalue weighted by atomic mass is 9.81. The predicted molar refractivity (Wildman–Crippen MR) is 91.3 cm³/mol. The van der Waals surface area contributed by atoms with Crippen molar-refractivity contribution in [1.29, 1.82) is 0 Å². The van der Waals surface area contributed by atoms with Gasteiger partial charge in [-0.1, -0.05) is 36.4 Å². The molecule has 1 aliphatic heterocycles. The van der Waals surface area contributed by atoms with E-state index in [0.717, 1.165) is 0 Å². The number of fused-ring (bicyclic) bond motifs is 3. The van der Waals surface area contributed by atoms with E-state index in [1.807, 2.05) is 17.0 Å². The highest BCUT2D eigenvalue weighted by molar-refractivity contribution is 5.88. The zero-order valence-electron chi connectivity index (χ0n) is 13.6. The zero-order chi connectivity index (χ0) is 16.7. The number of hydrogen-bond acceptors (Lipinski definition) is 2. The monoisotopic (exact) mass is 323 g/mol. The highest BCUT2D eigenvalue weighted by Gasteiger charge is 2.34. The predicted octanol–water partition coefficient (Wildman–Crippen LogP) is 3.57. The van der Waals surface area contributed by atoms with Crippen LogP contribution in [0.5, 0.6) is 0 Å². The van der Waals surface area contributed by atoms with E-state index in [1.54, 1.807) is 0 Å². The third-order valence-electron chi connectivity index (χ3n) is 5.59. The molecule has 24 heavy (non-hydrogen) atoms. The van der Waals surface area contributed by atoms with E-state index < -0.39 is 5.97 Å². The van der Waals surface area contributed by atoms with Crippen molar-refractivity contribution in [2.45, 2.75) is 38.8 Å². The highest BCUT2D eigenvalue weighted by atomic mass is 16.4. The van der Waals surface area contributed by atoms with Crippen molar-refractivity contribution in [3.05, 3.63) is 47.5 Å². The quantitative estimate of drug-likeness (QED) is 0.919. The summed E-state index contributed by atoms with van der Waals surface area (Å²) in [5, 5.41) is 11.5. The number of carbonyl (C=O) groups excluding carboxylic acids is 1. The van der Waals surface area contributed by atoms with E-state index in [2.05, 4.69) is 24.3 Å². The Morgan fingerprint density at radius 2 is 1.62 bits per heavy atom. The summed E-state index contributed by atoms with van der Waals surface area (Å²) in [6.45, 7) is 1.35. The molecule has 1 aliphatic carbocycles. The van der Waals surface area contributed by atoms with Gasteiger partial charge in [0, 0.05) is 19.0 Å². The Bertz CT molecular complexity index is 806. The maximum absolute atomic E-state index is 12.9. The standard InChI is InChI=1S/C20H21NO3/c22-19(14-6-8-15(9-7-14)20(23)24)21-11-16-10-5-13-3-1-2-4-17(13)18(16)12-21/h1-5,10,14-15H,6-9,11-12H2,(H,23,24). The van der Waals surface area contributed by atoms with Crippen LogP contribution >= 0.6 is 0 Å². The minimum absolute atomic E-state index is 0.0128. The second-order valence-electron chi connectivity index (χ2n) is 7.01. The fourth-order valence-corrected chi connectivity index (χ4v) is 4.17. The number of carboxylic acids is 1. The summed E-state index contributed by atoms with van der Waals surface area (Å²) in [6, 6.07) is 12.6. The van der Waals surface area contributed by atoms with Crippen molar-refractivity contribution in [3.63, 3.8) is 0 Å². The molecule has 0 spiro atoms. The zero-order valence-corrected chi connectivity index (χ0v) is 13.6. The number of carbonyl (C=O) groups is 2. The summed E-state index contributed by atoms with van der Waals surface area (Å²) >= 11 is 0. The first-order chi connectivity index (χ1) is 11.6. The molecular weight excluding hydrogens is 302 g/mol. The molecule has 0 radical (unpaired) electrons. The average Bonchev–Trinajstić information content (AvgIpc) is 3.06. The van der Waals surface area contributed by atoms with Crippen molar-refractivity contribution in [1.82, 2.24) is 4.90 Å². The topological polar surface area (TPSA) is 57.6 Å². The van der Waals surface area contributed by atoms with Crippen LogP contribution in [0.25, 0.3) is 10.8 Å². The van der Waals surface area contributed by atoms with Crippen LogP contribution in [0.1, 0.15) is 36.8 Å². The van der Waals surface area contributed by atoms with Gasteiger partial charge in [0.1, 0.15) is 0 Å². The number of hydrogen-bond donors (Lipinski definition) is 1. The largest absolute Gasteiger partial charge is 0.481 e. The molecule has 1 amide bonds. The SMILES string of the molecule is O=C(O)C1CCC(C(=O)N2Cc3ccc4ccccc4c3C2)CC1. The number of rotatable bonds is 2. The summed E-state index contributed by atoms with van der Waals surface area (Å²) < 4.78 is 0. The van der Waals surface area contributed by atoms with E-state index in [1.165, 1.54) is 21.9 Å². The molecule has 2 aliphatic rings. The molecule has 0 unspecified atom stereocenters. The van der Waals surface area contributed by atoms with Gasteiger partial charge in [-0.25, -0.2) is 0 Å². The van der Waals surface area contributed by atoms with Gasteiger partial charge < -0.3 is 10.0 Å². The van der Waals surface area contributed by atoms with Gasteiger partial charge in [-0.05, 0) is 47.6 Å². The van der Waals surface area contributed by atoms with Gasteiger partial charge in [-0.15, -0.1) is 0 Å². The molecule has 1 saturated carbocycles. The lowest BCUT2D eigenvalue weighted by Crippen LogP contribution is -2.35. The second-order valence-corrected chi connectivity index (χ2v) is 7.01. The summed E-state index contributed by atoms with van der Waals surface area (Å²) in [6.07, 6.45) is 2.64. The smallest absolute Gasteiger partial charge is 0.306 e. The number of benzene rings is 2. The van der Waals surface area contributed by atoms with Gasteiger partial charge in [0.15, 0.2) is 0 Å². The van der Waals surface area contributed by atoms with Crippen molar-refractivity contribution in [2.24, 2.45) is 11.8 Å². The molecule has 124 valence electrons. The summed E-state index contributed by atoms with van der Waals surface area (Å²) in [5.74, 6) is -0.810. The third-order valence-corrected chi connectivity index (χ3v) is 5.59. The summed E-state index contributed by atoms with van der Waals surface area (Å²) in [4.78, 5) is 25.9. The van der Waals surface area contributed by atoms with Crippen LogP contribution in [-0.2, 0) is 22.7 Å². The van der Waals surface area contributed by atoms with Gasteiger partial charge in [0.05, 0.1) is 5.92 Å². The van der Waals surface area contributed by atoms with Gasteiger partial charge in [0.2, 0.25) is 5.91 Å². The maximum Gasteiger partial charge on any atom is 0.306 e. The van der Waals surface area contributed by atoms with Crippen LogP contribution in [0.2, 0.25) is 0 Å². The van der Waals surface area contributed by atoms with E-state index in [0.29, 0.717) is 38.8 Å². The first-order valence-corrected chi connectivity index (χ1v) is 8.64. The van der Waals surface area contributed by atoms with Crippen LogP contribution in [-0.4, -0.2) is 21.9 Å². The second kappa shape index (κ2) is 5.93. The maximum atomic E-state index is 12.9. The molecule has 1 N–H and O–H groups in total. The third kappa shape index (κ3) is 2.56. The molecule has 2 aromatic rings. The molecule has 1 fully saturated rings. The van der Waals surface area contributed by atoms with E-state index in [9.17, 15) is 9.59 Å². The van der Waals surface area contributed by atoms with Crippen LogP contribution in [0, 0.1) is 11.8 Å². The van der Waals surface area contributed by atoms with Crippen molar-refractivity contribution < 1.29 is 14.7 Å². The number of amides is 1. The fourth-order valence-electron chi connectivity index (χ4n) is 4.17. The highest BCUT2D eigenvalue weighted by Crippen LogP contribution is 2.34. The Labute approximate surface area is 141 Å². The summed E-state index contributed by atoms with van der Waals surface area (Å²) in [5.41, 5.74) is 2.50. The first kappa shape index (κ1) is 15.2. The molecule has 4 rings (SSSR count). The van der Waals surface area contributed by atoms with E-state index >= 15 is 0 Å². The van der Waals surface area contributed by atoms with Crippen LogP contribution in [0.3, 0.4) is 0 Å². The molecule has 4 nitrogen and oxygen atoms in total. The summed E-state index contributed by atoms with van der Waals surface area (Å²) in [7, 11) is 0. The fraction of sp³-hybridized carbons (Fsp3) is 0.400. The lowest BCUT2D eigenvalue weighted by molar-refractivity contribution is -0.145. The lowest BCUT2D eigenvalue weighted by Gasteiger charge is -2.28. The van der Waals surface area contributed by atoms with Crippen LogP contribution in [0.15, 0.2) is 36.4 Å². The molecule has 0 aromatic heterocycles. The Kier molecular flexibility index (Phi) is 3.75. The van der Waals surface area contributed by atoms with E-state index in [4.69, 9.17) is 5.11 Å². The van der Waals surface area contributed by atoms with Gasteiger partial charge in [-0.2, -0.15) is 0 Å². The van der Waals surface area contributed by atoms with Crippen molar-refractivity contribution >= 4 is 22.6 Å². The number of aliphatic carboxylic acids is 1. The Morgan fingerprint density at radius 3 is 2.38 bits per heavy atom. The molecule has 1 heterocycles. The average molecular weight is 323 g/mol.